The molecular weight excluding hydrogens is 649 g/mol. The first kappa shape index (κ1) is 31.4. The molecule has 0 atom stereocenters. The van der Waals surface area contributed by atoms with Crippen LogP contribution < -0.4 is 0 Å². The Morgan fingerprint density at radius 3 is 1.49 bits per heavy atom. The number of para-hydroxylation sites is 2. The van der Waals surface area contributed by atoms with Crippen molar-refractivity contribution in [2.75, 3.05) is 0 Å². The van der Waals surface area contributed by atoms with Crippen LogP contribution in [0, 0.1) is 17.9 Å². The van der Waals surface area contributed by atoms with Crippen LogP contribution in [-0.2, 0) is 0 Å². The molecule has 0 radical (unpaired) electrons. The van der Waals surface area contributed by atoms with Crippen molar-refractivity contribution in [2.45, 2.75) is 0 Å². The van der Waals surface area contributed by atoms with Gasteiger partial charge in [0.05, 0.1) is 29.6 Å². The van der Waals surface area contributed by atoms with Crippen LogP contribution in [0.1, 0.15) is 5.56 Å². The molecule has 0 aliphatic heterocycles. The Balaban J connectivity index is 1.18. The fourth-order valence-corrected chi connectivity index (χ4v) is 6.90. The Hall–Kier alpha value is -7.60. The second-order valence-electron chi connectivity index (χ2n) is 12.8. The van der Waals surface area contributed by atoms with Gasteiger partial charge in [-0.2, -0.15) is 5.26 Å². The molecule has 9 rings (SSSR count). The lowest BCUT2D eigenvalue weighted by Gasteiger charge is -2.12. The van der Waals surface area contributed by atoms with Crippen LogP contribution in [0.3, 0.4) is 0 Å². The fourth-order valence-electron chi connectivity index (χ4n) is 6.90. The van der Waals surface area contributed by atoms with E-state index in [4.69, 9.17) is 21.0 Å². The van der Waals surface area contributed by atoms with Crippen LogP contribution in [0.15, 0.2) is 175 Å². The zero-order valence-corrected chi connectivity index (χ0v) is 28.4. The zero-order valence-electron chi connectivity index (χ0n) is 28.4. The van der Waals surface area contributed by atoms with Gasteiger partial charge in [0.1, 0.15) is 11.2 Å². The SMILES string of the molecule is [C-]#[N+]c1ccc(-c2ccc(-c3cc(-c4ccc(-c5ccc(C#N)cc5)nc4)cc(-c4cccc5c4oc4c(-c6ccccc6)cccc45)c3)cn2)cc1. The van der Waals surface area contributed by atoms with Crippen molar-refractivity contribution in [3.8, 4) is 73.1 Å². The van der Waals surface area contributed by atoms with Gasteiger partial charge >= 0.3 is 0 Å². The minimum absolute atomic E-state index is 0.602. The lowest BCUT2D eigenvalue weighted by molar-refractivity contribution is 0.671. The molecule has 246 valence electrons. The van der Waals surface area contributed by atoms with Gasteiger partial charge in [0.25, 0.3) is 0 Å². The number of hydrogen-bond acceptors (Lipinski definition) is 4. The number of fused-ring (bicyclic) bond motifs is 3. The summed E-state index contributed by atoms with van der Waals surface area (Å²) in [4.78, 5) is 13.2. The quantitative estimate of drug-likeness (QED) is 0.164. The van der Waals surface area contributed by atoms with Crippen molar-refractivity contribution < 1.29 is 4.42 Å². The predicted molar refractivity (Wildman–Crippen MR) is 213 cm³/mol. The van der Waals surface area contributed by atoms with Crippen molar-refractivity contribution in [3.05, 3.63) is 187 Å². The van der Waals surface area contributed by atoms with Crippen LogP contribution >= 0.6 is 0 Å². The largest absolute Gasteiger partial charge is 0.455 e. The summed E-state index contributed by atoms with van der Waals surface area (Å²) < 4.78 is 6.81. The normalized spacial score (nSPS) is 11.0. The van der Waals surface area contributed by atoms with E-state index in [2.05, 4.69) is 89.8 Å². The van der Waals surface area contributed by atoms with E-state index in [-0.39, 0.29) is 0 Å². The van der Waals surface area contributed by atoms with E-state index in [0.717, 1.165) is 89.0 Å². The van der Waals surface area contributed by atoms with Gasteiger partial charge in [-0.1, -0.05) is 115 Å². The molecule has 0 aliphatic carbocycles. The Bertz CT molecular complexity index is 2740. The van der Waals surface area contributed by atoms with Crippen molar-refractivity contribution in [3.63, 3.8) is 0 Å². The number of aromatic nitrogens is 2. The highest BCUT2D eigenvalue weighted by molar-refractivity contribution is 6.13. The van der Waals surface area contributed by atoms with Gasteiger partial charge in [0.2, 0.25) is 0 Å². The summed E-state index contributed by atoms with van der Waals surface area (Å²) in [6, 6.07) is 55.0. The molecule has 3 aromatic heterocycles. The molecule has 0 N–H and O–H groups in total. The molecule has 0 aliphatic rings. The van der Waals surface area contributed by atoms with Crippen molar-refractivity contribution in [1.29, 1.82) is 5.26 Å². The molecule has 0 bridgehead atoms. The Kier molecular flexibility index (Phi) is 7.86. The first-order chi connectivity index (χ1) is 26.1. The van der Waals surface area contributed by atoms with E-state index in [0.29, 0.717) is 11.3 Å². The van der Waals surface area contributed by atoms with Crippen LogP contribution in [0.25, 0.3) is 93.8 Å². The van der Waals surface area contributed by atoms with Gasteiger partial charge in [-0.15, -0.1) is 0 Å². The molecule has 5 nitrogen and oxygen atoms in total. The number of nitrogens with zero attached hydrogens (tertiary/aromatic N) is 4. The standard InChI is InChI=1S/C48H28N4O/c1-50-40-21-17-34(18-22-40)46-24-20-36(30-52-46)38-25-37(35-19-23-45(51-29-35)33-15-13-31(28-49)14-16-33)26-39(27-38)42-10-6-12-44-43-11-5-9-41(47(43)53-48(42)44)32-7-3-2-4-8-32/h2-27,29-30H. The zero-order chi connectivity index (χ0) is 35.7. The summed E-state index contributed by atoms with van der Waals surface area (Å²) in [6.07, 6.45) is 3.81. The van der Waals surface area contributed by atoms with E-state index >= 15 is 0 Å². The summed E-state index contributed by atoms with van der Waals surface area (Å²) in [6.45, 7) is 7.27. The van der Waals surface area contributed by atoms with Crippen LogP contribution in [0.4, 0.5) is 5.69 Å². The molecule has 53 heavy (non-hydrogen) atoms. The van der Waals surface area contributed by atoms with E-state index in [1.807, 2.05) is 91.3 Å². The molecule has 6 aromatic carbocycles. The lowest BCUT2D eigenvalue weighted by Crippen LogP contribution is -1.90. The highest BCUT2D eigenvalue weighted by Gasteiger charge is 2.17. The third kappa shape index (κ3) is 5.89. The first-order valence-corrected chi connectivity index (χ1v) is 17.2. The number of pyridine rings is 2. The smallest absolute Gasteiger partial charge is 0.187 e. The van der Waals surface area contributed by atoms with Crippen molar-refractivity contribution in [2.24, 2.45) is 0 Å². The monoisotopic (exact) mass is 676 g/mol. The first-order valence-electron chi connectivity index (χ1n) is 17.2. The number of benzene rings is 6. The minimum Gasteiger partial charge on any atom is -0.455 e. The maximum Gasteiger partial charge on any atom is 0.187 e. The summed E-state index contributed by atoms with van der Waals surface area (Å²) >= 11 is 0. The molecular formula is C48H28N4O. The lowest BCUT2D eigenvalue weighted by atomic mass is 9.93. The van der Waals surface area contributed by atoms with Crippen molar-refractivity contribution in [1.82, 2.24) is 9.97 Å². The topological polar surface area (TPSA) is 67.1 Å². The average molecular weight is 677 g/mol. The molecule has 0 saturated heterocycles. The maximum atomic E-state index is 9.22. The average Bonchev–Trinajstić information content (AvgIpc) is 3.63. The molecule has 3 heterocycles. The van der Waals surface area contributed by atoms with Crippen LogP contribution in [-0.4, -0.2) is 9.97 Å². The third-order valence-electron chi connectivity index (χ3n) is 9.65. The van der Waals surface area contributed by atoms with Gasteiger partial charge in [-0.3, -0.25) is 9.97 Å². The highest BCUT2D eigenvalue weighted by Crippen LogP contribution is 2.42. The van der Waals surface area contributed by atoms with Gasteiger partial charge in [-0.25, -0.2) is 4.85 Å². The number of hydrogen-bond donors (Lipinski definition) is 0. The van der Waals surface area contributed by atoms with E-state index < -0.39 is 0 Å². The molecule has 0 amide bonds. The number of nitriles is 1. The number of furan rings is 1. The molecule has 9 aromatic rings. The van der Waals surface area contributed by atoms with Gasteiger partial charge in [-0.05, 0) is 70.3 Å². The van der Waals surface area contributed by atoms with E-state index in [9.17, 15) is 5.26 Å². The molecule has 5 heteroatoms. The number of rotatable bonds is 6. The van der Waals surface area contributed by atoms with Crippen LogP contribution in [0.2, 0.25) is 0 Å². The van der Waals surface area contributed by atoms with Crippen molar-refractivity contribution >= 4 is 27.6 Å². The maximum absolute atomic E-state index is 9.22. The van der Waals surface area contributed by atoms with Gasteiger partial charge in [0.15, 0.2) is 5.69 Å². The molecule has 0 unspecified atom stereocenters. The molecule has 0 spiro atoms. The van der Waals surface area contributed by atoms with E-state index in [1.54, 1.807) is 0 Å². The minimum atomic E-state index is 0.602. The predicted octanol–water partition coefficient (Wildman–Crippen LogP) is 12.8. The highest BCUT2D eigenvalue weighted by atomic mass is 16.3. The summed E-state index contributed by atoms with van der Waals surface area (Å²) in [5, 5.41) is 11.4. The summed E-state index contributed by atoms with van der Waals surface area (Å²) in [7, 11) is 0. The molecule has 0 fully saturated rings. The van der Waals surface area contributed by atoms with E-state index in [1.165, 1.54) is 0 Å². The summed E-state index contributed by atoms with van der Waals surface area (Å²) in [5.74, 6) is 0. The molecule has 0 saturated carbocycles. The van der Waals surface area contributed by atoms with Gasteiger partial charge < -0.3 is 4.42 Å². The fraction of sp³-hybridized carbons (Fsp3) is 0. The Morgan fingerprint density at radius 2 is 0.981 bits per heavy atom. The van der Waals surface area contributed by atoms with Crippen LogP contribution in [0.5, 0.6) is 0 Å². The Labute approximate surface area is 306 Å². The Morgan fingerprint density at radius 1 is 0.472 bits per heavy atom. The van der Waals surface area contributed by atoms with Gasteiger partial charge in [0, 0.05) is 51.0 Å². The third-order valence-corrected chi connectivity index (χ3v) is 9.65. The second-order valence-corrected chi connectivity index (χ2v) is 12.8. The summed E-state index contributed by atoms with van der Waals surface area (Å²) in [5.41, 5.74) is 14.6. The second kappa shape index (κ2) is 13.3.